The zero-order valence-electron chi connectivity index (χ0n) is 75.1. The number of likely N-dealkylation sites (tertiary alicyclic amines) is 1. The predicted octanol–water partition coefficient (Wildman–Crippen LogP) is 1.94. The molecule has 4 saturated heterocycles. The van der Waals surface area contributed by atoms with Gasteiger partial charge in [-0.1, -0.05) is 109 Å². The van der Waals surface area contributed by atoms with Gasteiger partial charge in [0.05, 0.1) is 65.2 Å². The Morgan fingerprint density at radius 3 is 1.14 bits per heavy atom. The third kappa shape index (κ3) is 47.3. The SMILES string of the molecule is CCO[P+](=O)OCCCCCCCCCCC(C=NCCCCCCCC(=O)N1CCC(C(=O)NC(COCCC(=O)NCCCCCCCCOC2OC(CO)C(O)C(O)C2NC(C)=O)(COCCC(=O)NCCCCCCOC2OC(CO)C(O)C(O)C2NC(C)=O)COCCC(=O)NCCCCCCOC2OC(CO)C(O)C(O)C2NC(C)=O)CC1)=NN. The molecule has 4 rings (SSSR count). The maximum atomic E-state index is 14.7. The first-order valence-corrected chi connectivity index (χ1v) is 47.1. The monoisotopic (exact) mass is 1830 g/mol. The van der Waals surface area contributed by atoms with Crippen LogP contribution in [0.2, 0.25) is 0 Å². The molecule has 16 atom stereocenters. The first-order chi connectivity index (χ1) is 60.8. The lowest BCUT2D eigenvalue weighted by Crippen LogP contribution is -2.64. The van der Waals surface area contributed by atoms with Gasteiger partial charge in [0.15, 0.2) is 18.9 Å². The summed E-state index contributed by atoms with van der Waals surface area (Å²) in [6, 6.07) is -3.15. The van der Waals surface area contributed by atoms with Crippen LogP contribution in [0.25, 0.3) is 0 Å². The van der Waals surface area contributed by atoms with E-state index in [1.54, 1.807) is 18.0 Å². The molecule has 0 saturated carbocycles. The van der Waals surface area contributed by atoms with Gasteiger partial charge in [-0.15, -0.1) is 9.05 Å². The number of hydrogen-bond donors (Lipinski definition) is 17. The Balaban J connectivity index is 1.32. The van der Waals surface area contributed by atoms with E-state index < -0.39 is 149 Å². The molecule has 40 nitrogen and oxygen atoms in total. The number of rotatable bonds is 72. The fourth-order valence-corrected chi connectivity index (χ4v) is 15.6. The van der Waals surface area contributed by atoms with Gasteiger partial charge in [0.1, 0.15) is 91.8 Å². The Bertz CT molecular complexity index is 3000. The predicted molar refractivity (Wildman–Crippen MR) is 464 cm³/mol. The average Bonchev–Trinajstić information content (AvgIpc) is 0.826. The van der Waals surface area contributed by atoms with E-state index in [1.807, 2.05) is 0 Å². The van der Waals surface area contributed by atoms with Gasteiger partial charge in [-0.05, 0) is 90.4 Å². The maximum absolute atomic E-state index is 14.7. The van der Waals surface area contributed by atoms with E-state index in [0.29, 0.717) is 136 Å². The quantitative estimate of drug-likeness (QED) is 0.0136. The number of ether oxygens (including phenoxy) is 9. The molecule has 8 amide bonds. The van der Waals surface area contributed by atoms with Gasteiger partial charge in [-0.25, -0.2) is 0 Å². The Hall–Kier alpha value is -5.80. The first kappa shape index (κ1) is 113. The zero-order valence-corrected chi connectivity index (χ0v) is 75.9. The van der Waals surface area contributed by atoms with Gasteiger partial charge < -0.3 is 137 Å². The molecule has 0 aromatic heterocycles. The number of nitrogens with two attached hydrogens (primary N) is 1. The molecule has 4 aliphatic rings. The van der Waals surface area contributed by atoms with Crippen molar-refractivity contribution in [3.05, 3.63) is 0 Å². The molecule has 4 aliphatic heterocycles. The Morgan fingerprint density at radius 1 is 0.444 bits per heavy atom. The minimum absolute atomic E-state index is 0.0166. The third-order valence-electron chi connectivity index (χ3n) is 22.3. The van der Waals surface area contributed by atoms with Crippen molar-refractivity contribution in [2.24, 2.45) is 21.9 Å². The molecular weight excluding hydrogens is 1670 g/mol. The average molecular weight is 1830 g/mol. The van der Waals surface area contributed by atoms with Crippen molar-refractivity contribution in [3.8, 4) is 0 Å². The molecule has 0 spiro atoms. The van der Waals surface area contributed by atoms with Crippen molar-refractivity contribution in [1.29, 1.82) is 0 Å². The van der Waals surface area contributed by atoms with Crippen LogP contribution in [0, 0.1) is 5.92 Å². The fraction of sp³-hybridized carbons (Fsp3) is 0.882. The largest absolute Gasteiger partial charge is 0.697 e. The summed E-state index contributed by atoms with van der Waals surface area (Å²) in [5.74, 6) is 2.58. The Kier molecular flexibility index (Phi) is 61.0. The van der Waals surface area contributed by atoms with E-state index in [-0.39, 0.29) is 108 Å². The summed E-state index contributed by atoms with van der Waals surface area (Å²) in [6.07, 6.45) is 11.0. The number of unbranched alkanes of at least 4 members (excludes halogenated alkanes) is 22. The molecule has 0 bridgehead atoms. The number of amides is 8. The molecule has 728 valence electrons. The van der Waals surface area contributed by atoms with Crippen molar-refractivity contribution >= 4 is 67.4 Å². The molecule has 18 N–H and O–H groups in total. The lowest BCUT2D eigenvalue weighted by Gasteiger charge is -2.42. The van der Waals surface area contributed by atoms with Gasteiger partial charge in [-0.3, -0.25) is 43.3 Å². The highest BCUT2D eigenvalue weighted by Crippen LogP contribution is 2.29. The number of hydrazone groups is 1. The van der Waals surface area contributed by atoms with E-state index in [1.165, 1.54) is 20.8 Å². The van der Waals surface area contributed by atoms with E-state index in [0.717, 1.165) is 121 Å². The third-order valence-corrected chi connectivity index (χ3v) is 23.1. The van der Waals surface area contributed by atoms with Crippen LogP contribution in [0.3, 0.4) is 0 Å². The molecule has 4 fully saturated rings. The Labute approximate surface area is 744 Å². The van der Waals surface area contributed by atoms with Gasteiger partial charge in [0.25, 0.3) is 0 Å². The minimum atomic E-state index is -2.01. The topological polar surface area (TPSA) is 575 Å². The van der Waals surface area contributed by atoms with Gasteiger partial charge in [-0.2, -0.15) is 5.10 Å². The first-order valence-electron chi connectivity index (χ1n) is 46.0. The van der Waals surface area contributed by atoms with Gasteiger partial charge in [0, 0.05) is 122 Å². The van der Waals surface area contributed by atoms with Crippen LogP contribution in [-0.4, -0.2) is 339 Å². The van der Waals surface area contributed by atoms with E-state index >= 15 is 0 Å². The number of carbonyl (C=O) groups is 8. The lowest BCUT2D eigenvalue weighted by atomic mass is 9.93. The number of nitrogens with zero attached hydrogens (tertiary/aromatic N) is 3. The van der Waals surface area contributed by atoms with Crippen LogP contribution < -0.4 is 43.1 Å². The number of hydrogen-bond acceptors (Lipinski definition) is 32. The number of aliphatic imine (C=N–C) groups is 1. The summed E-state index contributed by atoms with van der Waals surface area (Å²) in [7, 11) is -2.01. The summed E-state index contributed by atoms with van der Waals surface area (Å²) >= 11 is 0. The minimum Gasteiger partial charge on any atom is -0.394 e. The second kappa shape index (κ2) is 68.3. The molecule has 4 heterocycles. The van der Waals surface area contributed by atoms with Gasteiger partial charge >= 0.3 is 8.25 Å². The van der Waals surface area contributed by atoms with E-state index in [4.69, 9.17) is 57.5 Å². The van der Waals surface area contributed by atoms with Crippen LogP contribution in [0.4, 0.5) is 0 Å². The molecule has 0 radical (unpaired) electrons. The second-order valence-electron chi connectivity index (χ2n) is 33.0. The van der Waals surface area contributed by atoms with Crippen molar-refractivity contribution < 1.29 is 141 Å². The molecule has 16 unspecified atom stereocenters. The number of piperidine rings is 1. The highest BCUT2D eigenvalue weighted by atomic mass is 31.1. The molecule has 41 heteroatoms. The number of aliphatic hydroxyl groups excluding tert-OH is 9. The number of carbonyl (C=O) groups excluding carboxylic acids is 8. The van der Waals surface area contributed by atoms with E-state index in [2.05, 4.69) is 47.3 Å². The molecule has 0 aromatic carbocycles. The summed E-state index contributed by atoms with van der Waals surface area (Å²) in [5.41, 5.74) is -0.643. The smallest absolute Gasteiger partial charge is 0.394 e. The molecule has 126 heavy (non-hydrogen) atoms. The second-order valence-corrected chi connectivity index (χ2v) is 33.9. The summed E-state index contributed by atoms with van der Waals surface area (Å²) < 4.78 is 74.7. The van der Waals surface area contributed by atoms with Crippen LogP contribution in [-0.2, 0) is 94.6 Å². The van der Waals surface area contributed by atoms with Crippen LogP contribution in [0.1, 0.15) is 246 Å². The molecular formula is C85H155N11O29P+. The van der Waals surface area contributed by atoms with Crippen LogP contribution >= 0.6 is 8.25 Å². The van der Waals surface area contributed by atoms with Crippen molar-refractivity contribution in [1.82, 2.24) is 42.1 Å². The number of aliphatic hydroxyl groups is 9. The van der Waals surface area contributed by atoms with Gasteiger partial charge in [0.2, 0.25) is 47.3 Å². The highest BCUT2D eigenvalue weighted by molar-refractivity contribution is 7.33. The maximum Gasteiger partial charge on any atom is 0.697 e. The van der Waals surface area contributed by atoms with E-state index in [9.17, 15) is 88.9 Å². The van der Waals surface area contributed by atoms with Crippen molar-refractivity contribution in [2.45, 2.75) is 343 Å². The van der Waals surface area contributed by atoms with Crippen molar-refractivity contribution in [2.75, 3.05) is 132 Å². The number of nitrogens with one attached hydrogen (secondary N) is 7. The fourth-order valence-electron chi connectivity index (χ4n) is 15.0. The molecule has 0 aliphatic carbocycles. The lowest BCUT2D eigenvalue weighted by molar-refractivity contribution is -0.270. The summed E-state index contributed by atoms with van der Waals surface area (Å²) in [6.45, 7) is 6.88. The summed E-state index contributed by atoms with van der Waals surface area (Å²) in [5, 5.41) is 115. The molecule has 0 aromatic rings. The Morgan fingerprint density at radius 2 is 0.786 bits per heavy atom. The highest BCUT2D eigenvalue weighted by Gasteiger charge is 2.48. The summed E-state index contributed by atoms with van der Waals surface area (Å²) in [4.78, 5) is 110. The zero-order chi connectivity index (χ0) is 92.1. The normalized spacial score (nSPS) is 24.2. The van der Waals surface area contributed by atoms with Crippen LogP contribution in [0.15, 0.2) is 10.1 Å². The van der Waals surface area contributed by atoms with Crippen LogP contribution in [0.5, 0.6) is 0 Å². The van der Waals surface area contributed by atoms with Crippen molar-refractivity contribution in [3.63, 3.8) is 0 Å². The standard InChI is InChI=1S/C85H154N11O29P/c1-5-121-126(114)122-49-32-20-10-7-6-8-13-23-33-64(95-86)53-87-40-25-15-12-14-24-34-71(106)96-44-35-63(36-45-96)81(113)94-85(58-116-51-38-69(104)89-42-27-17-21-30-47-119-83-73(92-61(3)101)79(111)76(108)66(55-98)124-83,59-117-52-39-70(105)90-43-28-18-22-31-48-120-84-74(93-62(4)102)80(112)77(109)67(56-99)125-84)57-115-50-37-68(103)88-41-26-16-9-11-19-29-46-118-82-72(91-60(2)100)78(110)75(107)65(54-97)123-82/h53,63,65-67,72-80,82-84,97-99,107-112H,5-52,54-59H2,1-4H3,(H8-,86,87,88,89,90,91,92,93,94,100,101,102,103,104,105,113)/p+1.